The van der Waals surface area contributed by atoms with Crippen molar-refractivity contribution in [2.45, 2.75) is 44.1 Å². The predicted octanol–water partition coefficient (Wildman–Crippen LogP) is 1.25. The molecule has 0 aliphatic rings. The van der Waals surface area contributed by atoms with Crippen molar-refractivity contribution in [3.63, 3.8) is 0 Å². The van der Waals surface area contributed by atoms with E-state index >= 15 is 0 Å². The monoisotopic (exact) mass is 190 g/mol. The van der Waals surface area contributed by atoms with Gasteiger partial charge in [0.15, 0.2) is 0 Å². The van der Waals surface area contributed by atoms with E-state index in [0.29, 0.717) is 6.61 Å². The molecule has 1 N–H and O–H groups in total. The zero-order chi connectivity index (χ0) is 8.53. The number of aliphatic hydroxyl groups is 1. The van der Waals surface area contributed by atoms with Gasteiger partial charge in [-0.25, -0.2) is 0 Å². The zero-order valence-corrected chi connectivity index (χ0v) is 10.5. The first kappa shape index (κ1) is 11.4. The lowest BCUT2D eigenvalue weighted by atomic mass is 10.5. The predicted molar refractivity (Wildman–Crippen MR) is 58.2 cm³/mol. The molecule has 0 spiro atoms. The van der Waals surface area contributed by atoms with Crippen LogP contribution in [0.25, 0.3) is 0 Å². The molecule has 0 heterocycles. The lowest BCUT2D eigenvalue weighted by Crippen LogP contribution is -1.99. The summed E-state index contributed by atoms with van der Waals surface area (Å²) in [5, 5.41) is 8.54. The molecule has 0 radical (unpaired) electrons. The molecular formula is C8H22OSi2. The SMILES string of the molecule is C[SiH](C)CCC[SiH2]CCCO. The molecule has 0 amide bonds. The average Bonchev–Trinajstić information content (AvgIpc) is 1.96. The first-order chi connectivity index (χ1) is 5.27. The maximum atomic E-state index is 8.54. The average molecular weight is 190 g/mol. The normalized spacial score (nSPS) is 12.0. The van der Waals surface area contributed by atoms with Gasteiger partial charge in [0.2, 0.25) is 0 Å². The molecule has 0 bridgehead atoms. The topological polar surface area (TPSA) is 20.2 Å². The molecular weight excluding hydrogens is 168 g/mol. The number of hydrogen-bond donors (Lipinski definition) is 1. The van der Waals surface area contributed by atoms with Crippen molar-refractivity contribution in [2.75, 3.05) is 6.61 Å². The molecule has 1 nitrogen and oxygen atoms in total. The van der Waals surface area contributed by atoms with Crippen LogP contribution in [-0.4, -0.2) is 30.0 Å². The Balaban J connectivity index is 2.80. The summed E-state index contributed by atoms with van der Waals surface area (Å²) in [6.07, 6.45) is 2.55. The fourth-order valence-electron chi connectivity index (χ4n) is 1.19. The second-order valence-electron chi connectivity index (χ2n) is 3.67. The van der Waals surface area contributed by atoms with E-state index in [0.717, 1.165) is 6.42 Å². The van der Waals surface area contributed by atoms with Crippen LogP contribution in [0.3, 0.4) is 0 Å². The van der Waals surface area contributed by atoms with Crippen molar-refractivity contribution in [1.29, 1.82) is 0 Å². The Morgan fingerprint density at radius 1 is 1.18 bits per heavy atom. The van der Waals surface area contributed by atoms with Gasteiger partial charge < -0.3 is 5.11 Å². The highest BCUT2D eigenvalue weighted by Crippen LogP contribution is 2.02. The number of hydrogen-bond acceptors (Lipinski definition) is 1. The minimum Gasteiger partial charge on any atom is -0.396 e. The summed E-state index contributed by atoms with van der Waals surface area (Å²) in [7, 11) is -0.0369. The maximum absolute atomic E-state index is 8.54. The second-order valence-corrected chi connectivity index (χ2v) is 9.16. The van der Waals surface area contributed by atoms with E-state index in [4.69, 9.17) is 5.11 Å². The molecule has 11 heavy (non-hydrogen) atoms. The van der Waals surface area contributed by atoms with E-state index in [1.165, 1.54) is 24.6 Å². The van der Waals surface area contributed by atoms with Crippen molar-refractivity contribution in [3.8, 4) is 0 Å². The van der Waals surface area contributed by atoms with E-state index in [1.807, 2.05) is 0 Å². The minimum absolute atomic E-state index is 0.220. The highest BCUT2D eigenvalue weighted by molar-refractivity contribution is 6.55. The van der Waals surface area contributed by atoms with Crippen LogP contribution < -0.4 is 0 Å². The summed E-state index contributed by atoms with van der Waals surface area (Å²) in [5.74, 6) is 0. The number of aliphatic hydroxyl groups excluding tert-OH is 1. The lowest BCUT2D eigenvalue weighted by Gasteiger charge is -2.01. The van der Waals surface area contributed by atoms with Gasteiger partial charge in [0, 0.05) is 24.9 Å². The van der Waals surface area contributed by atoms with Crippen LogP contribution in [0.4, 0.5) is 0 Å². The van der Waals surface area contributed by atoms with Crippen LogP contribution in [0.1, 0.15) is 12.8 Å². The van der Waals surface area contributed by atoms with Crippen LogP contribution in [-0.2, 0) is 0 Å². The summed E-state index contributed by atoms with van der Waals surface area (Å²) in [4.78, 5) is 0. The molecule has 0 aromatic rings. The molecule has 0 rings (SSSR count). The summed E-state index contributed by atoms with van der Waals surface area (Å²) < 4.78 is 0. The third-order valence-electron chi connectivity index (χ3n) is 1.94. The summed E-state index contributed by atoms with van der Waals surface area (Å²) in [6.45, 7) is 5.26. The van der Waals surface area contributed by atoms with E-state index < -0.39 is 0 Å². The van der Waals surface area contributed by atoms with E-state index in [2.05, 4.69) is 13.1 Å². The molecule has 68 valence electrons. The van der Waals surface area contributed by atoms with Crippen molar-refractivity contribution in [1.82, 2.24) is 0 Å². The smallest absolute Gasteiger partial charge is 0.0428 e. The third kappa shape index (κ3) is 10.4. The Morgan fingerprint density at radius 2 is 1.82 bits per heavy atom. The maximum Gasteiger partial charge on any atom is 0.0428 e. The van der Waals surface area contributed by atoms with Gasteiger partial charge in [0.25, 0.3) is 0 Å². The van der Waals surface area contributed by atoms with E-state index in [-0.39, 0.29) is 18.3 Å². The quantitative estimate of drug-likeness (QED) is 0.473. The van der Waals surface area contributed by atoms with Gasteiger partial charge in [-0.15, -0.1) is 0 Å². The number of rotatable bonds is 7. The van der Waals surface area contributed by atoms with Crippen molar-refractivity contribution < 1.29 is 5.11 Å². The van der Waals surface area contributed by atoms with Crippen molar-refractivity contribution >= 4 is 18.3 Å². The van der Waals surface area contributed by atoms with Gasteiger partial charge in [-0.1, -0.05) is 37.6 Å². The molecule has 0 saturated heterocycles. The first-order valence-corrected chi connectivity index (χ1v) is 10.0. The van der Waals surface area contributed by atoms with Crippen LogP contribution in [0.15, 0.2) is 0 Å². The Kier molecular flexibility index (Phi) is 8.79. The fourth-order valence-corrected chi connectivity index (χ4v) is 4.45. The zero-order valence-electron chi connectivity index (χ0n) is 7.97. The standard InChI is InChI=1S/C8H22OSi2/c1-11(2)8-4-7-10-6-3-5-9/h9,11H,3-8,10H2,1-2H3. The van der Waals surface area contributed by atoms with Crippen LogP contribution in [0.2, 0.25) is 31.2 Å². The molecule has 0 aromatic carbocycles. The Labute approximate surface area is 74.6 Å². The van der Waals surface area contributed by atoms with Crippen LogP contribution in [0.5, 0.6) is 0 Å². The van der Waals surface area contributed by atoms with Crippen molar-refractivity contribution in [2.24, 2.45) is 0 Å². The summed E-state index contributed by atoms with van der Waals surface area (Å²) >= 11 is 0. The molecule has 0 aliphatic carbocycles. The molecule has 3 heteroatoms. The fraction of sp³-hybridized carbons (Fsp3) is 1.00. The van der Waals surface area contributed by atoms with Gasteiger partial charge in [-0.2, -0.15) is 0 Å². The summed E-state index contributed by atoms with van der Waals surface area (Å²) in [6, 6.07) is 4.41. The first-order valence-electron chi connectivity index (χ1n) is 4.88. The van der Waals surface area contributed by atoms with E-state index in [1.54, 1.807) is 0 Å². The Morgan fingerprint density at radius 3 is 2.36 bits per heavy atom. The van der Waals surface area contributed by atoms with Gasteiger partial charge in [-0.05, 0) is 6.42 Å². The Bertz CT molecular complexity index is 76.5. The van der Waals surface area contributed by atoms with Gasteiger partial charge >= 0.3 is 0 Å². The van der Waals surface area contributed by atoms with Gasteiger partial charge in [0.05, 0.1) is 0 Å². The highest BCUT2D eigenvalue weighted by Gasteiger charge is 1.95. The minimum atomic E-state index is -0.256. The largest absolute Gasteiger partial charge is 0.396 e. The highest BCUT2D eigenvalue weighted by atomic mass is 28.3. The lowest BCUT2D eigenvalue weighted by molar-refractivity contribution is 0.295. The van der Waals surface area contributed by atoms with Crippen LogP contribution >= 0.6 is 0 Å². The molecule has 0 aromatic heterocycles. The second kappa shape index (κ2) is 8.49. The van der Waals surface area contributed by atoms with E-state index in [9.17, 15) is 0 Å². The summed E-state index contributed by atoms with van der Waals surface area (Å²) in [5.41, 5.74) is 0. The van der Waals surface area contributed by atoms with Gasteiger partial charge in [-0.3, -0.25) is 0 Å². The molecule has 0 fully saturated rings. The Hall–Kier alpha value is 0.394. The molecule has 0 saturated carbocycles. The molecule has 0 atom stereocenters. The third-order valence-corrected chi connectivity index (χ3v) is 5.50. The van der Waals surface area contributed by atoms with Crippen LogP contribution in [0, 0.1) is 0 Å². The van der Waals surface area contributed by atoms with Crippen molar-refractivity contribution in [3.05, 3.63) is 0 Å². The molecule has 0 unspecified atom stereocenters. The van der Waals surface area contributed by atoms with Gasteiger partial charge in [0.1, 0.15) is 0 Å². The molecule has 0 aliphatic heterocycles.